The van der Waals surface area contributed by atoms with Crippen molar-refractivity contribution in [1.29, 1.82) is 10.5 Å². The van der Waals surface area contributed by atoms with Gasteiger partial charge in [-0.1, -0.05) is 122 Å². The molecule has 3 rings (SSSR count). The van der Waals surface area contributed by atoms with Crippen LogP contribution in [0, 0.1) is 22.7 Å². The molecule has 2 fully saturated rings. The first-order valence-corrected chi connectivity index (χ1v) is 24.4. The van der Waals surface area contributed by atoms with Crippen molar-refractivity contribution in [2.24, 2.45) is 15.8 Å². The van der Waals surface area contributed by atoms with E-state index in [1.165, 1.54) is 101 Å². The molecule has 0 bridgehead atoms. The van der Waals surface area contributed by atoms with Crippen LogP contribution in [-0.4, -0.2) is 90.4 Å². The molecule has 64 heavy (non-hydrogen) atoms. The first-order chi connectivity index (χ1) is 30.4. The summed E-state index contributed by atoms with van der Waals surface area (Å²) in [5.41, 5.74) is 4.04. The van der Waals surface area contributed by atoms with Crippen molar-refractivity contribution >= 4 is 20.0 Å². The number of unbranched alkanes of at least 4 members (excludes halogenated alkanes) is 15. The molecule has 0 radical (unpaired) electrons. The molecule has 1 unspecified atom stereocenters. The van der Waals surface area contributed by atoms with Crippen molar-refractivity contribution in [3.8, 4) is 12.1 Å². The number of nitriles is 2. The standard InChI is InChI=1S/C47H74FN6O9P/c1-9-11-12-13-14-15-16-17-18-19-20-21-22-23-24-25-26-57-32-46(8,58-30-39(28-37(4)48)27-36(3)29-49)33-59-64(55,56)60-34-47(31-50)43-42(61-45(6,7)63-43)41(62-47)38(5)54-40(10-2)44(51)52-35-53-54/h10,27-28,35,41-43H,4-5,9,11-26,30,32-34H2,1-3,6-8H3,(H,55,56)(H2,51,52,53)/b36-27+,39-28+,40-10-/t41-,42-,43-,46+,47+/m0/s1. The predicted octanol–water partition coefficient (Wildman–Crippen LogP) is 10.3. The topological polar surface area (TPSA) is 203 Å². The Morgan fingerprint density at radius 3 is 2.12 bits per heavy atom. The molecule has 0 aromatic rings. The Labute approximate surface area is 381 Å². The lowest BCUT2D eigenvalue weighted by Crippen LogP contribution is -2.46. The lowest BCUT2D eigenvalue weighted by molar-refractivity contribution is -0.200. The minimum absolute atomic E-state index is 0.0576. The van der Waals surface area contributed by atoms with Crippen molar-refractivity contribution in [3.63, 3.8) is 0 Å². The van der Waals surface area contributed by atoms with Gasteiger partial charge in [0.2, 0.25) is 5.60 Å². The SMILES string of the molecule is C=C(F)/C=C(\C=C(/C)C#N)CO[C@](C)(COCCCCCCCCCCCCCCCCCC)COP(=O)(O)OC[C@@]1(C#N)O[C@@H](C(=C)N2N=CN=C(N)/C2=C/C)[C@@H]2OC(C)(C)O[C@@H]21. The van der Waals surface area contributed by atoms with E-state index in [1.54, 1.807) is 40.7 Å². The molecule has 0 aromatic heterocycles. The smallest absolute Gasteiger partial charge is 0.382 e. The Balaban J connectivity index is 1.58. The van der Waals surface area contributed by atoms with Crippen molar-refractivity contribution < 1.29 is 46.6 Å². The van der Waals surface area contributed by atoms with Crippen LogP contribution in [0.5, 0.6) is 0 Å². The first kappa shape index (κ1) is 54.8. The van der Waals surface area contributed by atoms with Gasteiger partial charge in [-0.3, -0.25) is 9.05 Å². The third-order valence-corrected chi connectivity index (χ3v) is 12.1. The molecular formula is C47H74FN6O9P. The number of hydrogen-bond acceptors (Lipinski definition) is 14. The number of aliphatic imine (C=N–C) groups is 1. The number of nitrogens with zero attached hydrogens (tertiary/aromatic N) is 5. The van der Waals surface area contributed by atoms with Gasteiger partial charge in [-0.2, -0.15) is 15.6 Å². The summed E-state index contributed by atoms with van der Waals surface area (Å²) in [4.78, 5) is 15.0. The number of phosphoric acid groups is 1. The van der Waals surface area contributed by atoms with Crippen LogP contribution in [-0.2, 0) is 37.3 Å². The number of hydrogen-bond donors (Lipinski definition) is 2. The number of rotatable bonds is 32. The predicted molar refractivity (Wildman–Crippen MR) is 246 cm³/mol. The number of nitrogens with two attached hydrogens (primary N) is 1. The fourth-order valence-corrected chi connectivity index (χ4v) is 8.58. The highest BCUT2D eigenvalue weighted by atomic mass is 31.2. The monoisotopic (exact) mass is 917 g/mol. The fraction of sp³-hybridized carbons (Fsp3) is 0.702. The van der Waals surface area contributed by atoms with Crippen molar-refractivity contribution in [2.75, 3.05) is 33.0 Å². The van der Waals surface area contributed by atoms with Crippen LogP contribution in [0.15, 0.2) is 69.8 Å². The van der Waals surface area contributed by atoms with Gasteiger partial charge in [0.25, 0.3) is 0 Å². The van der Waals surface area contributed by atoms with E-state index < -0.39 is 62.2 Å². The van der Waals surface area contributed by atoms with Gasteiger partial charge >= 0.3 is 7.82 Å². The molecule has 3 aliphatic heterocycles. The van der Waals surface area contributed by atoms with Crippen LogP contribution in [0.1, 0.15) is 144 Å². The summed E-state index contributed by atoms with van der Waals surface area (Å²) in [6.07, 6.45) is 22.5. The Morgan fingerprint density at radius 1 is 0.984 bits per heavy atom. The maximum absolute atomic E-state index is 13.9. The maximum atomic E-state index is 13.9. The number of amidine groups is 1. The van der Waals surface area contributed by atoms with Gasteiger partial charge in [0.15, 0.2) is 11.6 Å². The van der Waals surface area contributed by atoms with E-state index >= 15 is 0 Å². The van der Waals surface area contributed by atoms with E-state index in [2.05, 4.69) is 36.2 Å². The fourth-order valence-electron chi connectivity index (χ4n) is 7.72. The van der Waals surface area contributed by atoms with E-state index in [9.17, 15) is 24.4 Å². The number of halogens is 1. The molecule has 3 aliphatic rings. The van der Waals surface area contributed by atoms with Crippen LogP contribution in [0.2, 0.25) is 0 Å². The summed E-state index contributed by atoms with van der Waals surface area (Å²) in [5.74, 6) is -1.73. The summed E-state index contributed by atoms with van der Waals surface area (Å²) < 4.78 is 69.2. The number of allylic oxidation sites excluding steroid dienone is 4. The normalized spacial score (nSPS) is 24.5. The quantitative estimate of drug-likeness (QED) is 0.0279. The molecule has 0 amide bonds. The molecule has 2 saturated heterocycles. The number of phosphoric ester groups is 1. The lowest BCUT2D eigenvalue weighted by Gasteiger charge is -2.33. The van der Waals surface area contributed by atoms with Gasteiger partial charge in [-0.25, -0.2) is 19.0 Å². The summed E-state index contributed by atoms with van der Waals surface area (Å²) in [7, 11) is -4.94. The molecule has 6 atom stereocenters. The highest BCUT2D eigenvalue weighted by molar-refractivity contribution is 7.47. The van der Waals surface area contributed by atoms with Crippen LogP contribution < -0.4 is 5.73 Å². The van der Waals surface area contributed by atoms with Crippen molar-refractivity contribution in [2.45, 2.75) is 180 Å². The first-order valence-electron chi connectivity index (χ1n) is 22.9. The average molecular weight is 917 g/mol. The van der Waals surface area contributed by atoms with Gasteiger partial charge in [-0.05, 0) is 58.8 Å². The molecular weight excluding hydrogens is 843 g/mol. The van der Waals surface area contributed by atoms with E-state index in [1.807, 2.05) is 6.07 Å². The second kappa shape index (κ2) is 27.2. The zero-order chi connectivity index (χ0) is 47.2. The van der Waals surface area contributed by atoms with Gasteiger partial charge in [0, 0.05) is 12.2 Å². The summed E-state index contributed by atoms with van der Waals surface area (Å²) in [5, 5.41) is 25.6. The van der Waals surface area contributed by atoms with E-state index in [0.29, 0.717) is 23.5 Å². The molecule has 358 valence electrons. The van der Waals surface area contributed by atoms with Crippen molar-refractivity contribution in [1.82, 2.24) is 5.01 Å². The van der Waals surface area contributed by atoms with Crippen LogP contribution >= 0.6 is 7.82 Å². The van der Waals surface area contributed by atoms with Crippen molar-refractivity contribution in [3.05, 3.63) is 59.8 Å². The number of hydrazone groups is 1. The molecule has 3 N–H and O–H groups in total. The molecule has 0 aromatic carbocycles. The lowest BCUT2D eigenvalue weighted by atomic mass is 9.96. The second-order valence-corrected chi connectivity index (χ2v) is 19.0. The highest BCUT2D eigenvalue weighted by Crippen LogP contribution is 2.50. The van der Waals surface area contributed by atoms with Crippen LogP contribution in [0.25, 0.3) is 0 Å². The molecule has 0 aliphatic carbocycles. The summed E-state index contributed by atoms with van der Waals surface area (Å²) >= 11 is 0. The Kier molecular flexibility index (Phi) is 23.3. The highest BCUT2D eigenvalue weighted by Gasteiger charge is 2.65. The zero-order valence-corrected chi connectivity index (χ0v) is 40.1. The maximum Gasteiger partial charge on any atom is 0.472 e. The van der Waals surface area contributed by atoms with E-state index in [-0.39, 0.29) is 24.7 Å². The third kappa shape index (κ3) is 18.0. The Bertz CT molecular complexity index is 1820. The molecule has 0 saturated carbocycles. The van der Waals surface area contributed by atoms with E-state index in [4.69, 9.17) is 38.5 Å². The molecule has 17 heteroatoms. The average Bonchev–Trinajstić information content (AvgIpc) is 3.74. The largest absolute Gasteiger partial charge is 0.472 e. The zero-order valence-electron chi connectivity index (χ0n) is 39.2. The van der Waals surface area contributed by atoms with Gasteiger partial charge in [0.05, 0.1) is 31.6 Å². The van der Waals surface area contributed by atoms with Crippen LogP contribution in [0.4, 0.5) is 4.39 Å². The second-order valence-electron chi connectivity index (χ2n) is 17.5. The Hall–Kier alpha value is -3.54. The Morgan fingerprint density at radius 2 is 1.58 bits per heavy atom. The molecule has 3 heterocycles. The minimum atomic E-state index is -4.94. The molecule has 0 spiro atoms. The van der Waals surface area contributed by atoms with Gasteiger partial charge < -0.3 is 34.3 Å². The third-order valence-electron chi connectivity index (χ3n) is 11.2. The number of ether oxygens (including phenoxy) is 5. The summed E-state index contributed by atoms with van der Waals surface area (Å²) in [6, 6.07) is 4.08. The van der Waals surface area contributed by atoms with Gasteiger partial charge in [-0.15, -0.1) is 0 Å². The molecule has 15 nitrogen and oxygen atoms in total. The number of fused-ring (bicyclic) bond motifs is 1. The summed E-state index contributed by atoms with van der Waals surface area (Å²) in [6.45, 7) is 16.8. The van der Waals surface area contributed by atoms with Gasteiger partial charge in [0.1, 0.15) is 54.5 Å². The minimum Gasteiger partial charge on any atom is -0.382 e. The van der Waals surface area contributed by atoms with Crippen LogP contribution in [0.3, 0.4) is 0 Å². The van der Waals surface area contributed by atoms with E-state index in [0.717, 1.165) is 25.3 Å².